The van der Waals surface area contributed by atoms with Crippen LogP contribution in [0.15, 0.2) is 0 Å². The lowest BCUT2D eigenvalue weighted by atomic mass is 9.81. The fourth-order valence-electron chi connectivity index (χ4n) is 3.15. The third-order valence-electron chi connectivity index (χ3n) is 4.50. The lowest BCUT2D eigenvalue weighted by Gasteiger charge is -2.30. The van der Waals surface area contributed by atoms with E-state index < -0.39 is 12.1 Å². The predicted molar refractivity (Wildman–Crippen MR) is 70.2 cm³/mol. The number of amides is 1. The van der Waals surface area contributed by atoms with Gasteiger partial charge in [0.05, 0.1) is 5.92 Å². The predicted octanol–water partition coefficient (Wildman–Crippen LogP) is 2.61. The van der Waals surface area contributed by atoms with Gasteiger partial charge in [-0.1, -0.05) is 6.42 Å². The highest BCUT2D eigenvalue weighted by Crippen LogP contribution is 2.39. The zero-order valence-electron chi connectivity index (χ0n) is 11.6. The number of alkyl halides is 3. The lowest BCUT2D eigenvalue weighted by molar-refractivity contribution is -0.184. The minimum absolute atomic E-state index is 0.0713. The minimum Gasteiger partial charge on any atom is -0.354 e. The zero-order chi connectivity index (χ0) is 14.6. The lowest BCUT2D eigenvalue weighted by Crippen LogP contribution is -2.45. The van der Waals surface area contributed by atoms with Crippen LogP contribution in [-0.4, -0.2) is 31.2 Å². The van der Waals surface area contributed by atoms with Crippen molar-refractivity contribution in [2.45, 2.75) is 57.2 Å². The molecule has 1 aliphatic carbocycles. The highest BCUT2D eigenvalue weighted by Gasteiger charge is 2.42. The summed E-state index contributed by atoms with van der Waals surface area (Å²) in [6.45, 7) is 1.58. The summed E-state index contributed by atoms with van der Waals surface area (Å²) in [5.74, 6) is -1.53. The smallest absolute Gasteiger partial charge is 0.354 e. The molecule has 6 heteroatoms. The minimum atomic E-state index is -4.10. The van der Waals surface area contributed by atoms with Gasteiger partial charge in [0.1, 0.15) is 0 Å². The molecule has 0 radical (unpaired) electrons. The number of hydrogen-bond donors (Lipinski definition) is 2. The second kappa shape index (κ2) is 6.78. The summed E-state index contributed by atoms with van der Waals surface area (Å²) in [6.07, 6.45) is 0.180. The Hall–Kier alpha value is -0.780. The molecule has 116 valence electrons. The standard InChI is InChI=1S/C14H23F3N2O/c15-14(16,17)11-6-4-10(5-7-11)13(20)19-9-12-3-1-2-8-18-12/h10-12,18H,1-9H2,(H,19,20). The summed E-state index contributed by atoms with van der Waals surface area (Å²) in [6, 6.07) is 0.319. The van der Waals surface area contributed by atoms with Gasteiger partial charge in [-0.05, 0) is 45.1 Å². The van der Waals surface area contributed by atoms with Crippen LogP contribution in [0.25, 0.3) is 0 Å². The Kier molecular flexibility index (Phi) is 5.29. The summed E-state index contributed by atoms with van der Waals surface area (Å²) in [4.78, 5) is 12.0. The normalized spacial score (nSPS) is 31.9. The molecule has 1 amide bonds. The van der Waals surface area contributed by atoms with Crippen molar-refractivity contribution in [2.75, 3.05) is 13.1 Å². The third-order valence-corrected chi connectivity index (χ3v) is 4.50. The molecule has 1 unspecified atom stereocenters. The molecule has 1 saturated heterocycles. The molecule has 2 aliphatic rings. The molecule has 0 aromatic carbocycles. The molecule has 3 nitrogen and oxygen atoms in total. The van der Waals surface area contributed by atoms with Gasteiger partial charge in [-0.2, -0.15) is 13.2 Å². The van der Waals surface area contributed by atoms with Crippen molar-refractivity contribution < 1.29 is 18.0 Å². The summed E-state index contributed by atoms with van der Waals surface area (Å²) < 4.78 is 37.7. The molecule has 1 saturated carbocycles. The fourth-order valence-corrected chi connectivity index (χ4v) is 3.15. The Morgan fingerprint density at radius 3 is 2.35 bits per heavy atom. The van der Waals surface area contributed by atoms with Crippen LogP contribution in [0, 0.1) is 11.8 Å². The Balaban J connectivity index is 1.69. The van der Waals surface area contributed by atoms with Gasteiger partial charge in [-0.25, -0.2) is 0 Å². The first kappa shape index (κ1) is 15.6. The van der Waals surface area contributed by atoms with Crippen molar-refractivity contribution in [1.82, 2.24) is 10.6 Å². The first-order valence-corrected chi connectivity index (χ1v) is 7.54. The number of carbonyl (C=O) groups excluding carboxylic acids is 1. The van der Waals surface area contributed by atoms with Crippen molar-refractivity contribution in [2.24, 2.45) is 11.8 Å². The van der Waals surface area contributed by atoms with Gasteiger partial charge in [0.15, 0.2) is 0 Å². The monoisotopic (exact) mass is 292 g/mol. The maximum atomic E-state index is 12.6. The van der Waals surface area contributed by atoms with Crippen molar-refractivity contribution in [1.29, 1.82) is 0 Å². The molecule has 0 aromatic rings. The van der Waals surface area contributed by atoms with Gasteiger partial charge < -0.3 is 10.6 Å². The first-order chi connectivity index (χ1) is 9.47. The summed E-state index contributed by atoms with van der Waals surface area (Å²) in [5, 5.41) is 6.23. The quantitative estimate of drug-likeness (QED) is 0.839. The topological polar surface area (TPSA) is 41.1 Å². The van der Waals surface area contributed by atoms with E-state index in [0.29, 0.717) is 25.4 Å². The molecule has 0 bridgehead atoms. The van der Waals surface area contributed by atoms with Gasteiger partial charge in [0.25, 0.3) is 0 Å². The Morgan fingerprint density at radius 1 is 1.10 bits per heavy atom. The molecule has 2 fully saturated rings. The Bertz CT molecular complexity index is 319. The van der Waals surface area contributed by atoms with Crippen molar-refractivity contribution in [3.8, 4) is 0 Å². The highest BCUT2D eigenvalue weighted by atomic mass is 19.4. The summed E-state index contributed by atoms with van der Waals surface area (Å²) in [5.41, 5.74) is 0. The maximum absolute atomic E-state index is 12.6. The van der Waals surface area contributed by atoms with E-state index >= 15 is 0 Å². The Labute approximate surface area is 117 Å². The number of hydrogen-bond acceptors (Lipinski definition) is 2. The summed E-state index contributed by atoms with van der Waals surface area (Å²) >= 11 is 0. The summed E-state index contributed by atoms with van der Waals surface area (Å²) in [7, 11) is 0. The van der Waals surface area contributed by atoms with E-state index in [1.807, 2.05) is 0 Å². The van der Waals surface area contributed by atoms with E-state index in [1.165, 1.54) is 12.8 Å². The average Bonchev–Trinajstić information content (AvgIpc) is 2.45. The van der Waals surface area contributed by atoms with Crippen LogP contribution in [0.2, 0.25) is 0 Å². The Morgan fingerprint density at radius 2 is 1.80 bits per heavy atom. The van der Waals surface area contributed by atoms with E-state index in [-0.39, 0.29) is 24.7 Å². The van der Waals surface area contributed by atoms with Crippen molar-refractivity contribution in [3.63, 3.8) is 0 Å². The molecule has 1 heterocycles. The van der Waals surface area contributed by atoms with Crippen LogP contribution in [0.4, 0.5) is 13.2 Å². The number of halogens is 3. The fraction of sp³-hybridized carbons (Fsp3) is 0.929. The number of nitrogens with one attached hydrogen (secondary N) is 2. The van der Waals surface area contributed by atoms with E-state index in [4.69, 9.17) is 0 Å². The van der Waals surface area contributed by atoms with Gasteiger partial charge in [-0.15, -0.1) is 0 Å². The van der Waals surface area contributed by atoms with Crippen LogP contribution in [0.1, 0.15) is 44.9 Å². The third kappa shape index (κ3) is 4.36. The van der Waals surface area contributed by atoms with Gasteiger partial charge in [-0.3, -0.25) is 4.79 Å². The number of piperidine rings is 1. The molecular weight excluding hydrogens is 269 g/mol. The number of rotatable bonds is 3. The second-order valence-corrected chi connectivity index (χ2v) is 5.98. The molecule has 2 N–H and O–H groups in total. The van der Waals surface area contributed by atoms with E-state index in [2.05, 4.69) is 10.6 Å². The van der Waals surface area contributed by atoms with Crippen LogP contribution >= 0.6 is 0 Å². The van der Waals surface area contributed by atoms with Crippen molar-refractivity contribution in [3.05, 3.63) is 0 Å². The second-order valence-electron chi connectivity index (χ2n) is 5.98. The maximum Gasteiger partial charge on any atom is 0.391 e. The highest BCUT2D eigenvalue weighted by molar-refractivity contribution is 5.78. The van der Waals surface area contributed by atoms with E-state index in [1.54, 1.807) is 0 Å². The van der Waals surface area contributed by atoms with Crippen LogP contribution in [0.3, 0.4) is 0 Å². The molecule has 0 aromatic heterocycles. The molecular formula is C14H23F3N2O. The number of carbonyl (C=O) groups is 1. The first-order valence-electron chi connectivity index (χ1n) is 7.54. The van der Waals surface area contributed by atoms with Crippen LogP contribution in [-0.2, 0) is 4.79 Å². The van der Waals surface area contributed by atoms with Gasteiger partial charge in [0, 0.05) is 18.5 Å². The molecule has 20 heavy (non-hydrogen) atoms. The SMILES string of the molecule is O=C(NCC1CCCCN1)C1CCC(C(F)(F)F)CC1. The molecule has 1 aliphatic heterocycles. The van der Waals surface area contributed by atoms with Crippen molar-refractivity contribution >= 4 is 5.91 Å². The molecule has 1 atom stereocenters. The van der Waals surface area contributed by atoms with Gasteiger partial charge >= 0.3 is 6.18 Å². The van der Waals surface area contributed by atoms with Gasteiger partial charge in [0.2, 0.25) is 5.91 Å². The zero-order valence-corrected chi connectivity index (χ0v) is 11.6. The largest absolute Gasteiger partial charge is 0.391 e. The van der Waals surface area contributed by atoms with E-state index in [0.717, 1.165) is 13.0 Å². The molecule has 0 spiro atoms. The van der Waals surface area contributed by atoms with Crippen LogP contribution in [0.5, 0.6) is 0 Å². The van der Waals surface area contributed by atoms with E-state index in [9.17, 15) is 18.0 Å². The van der Waals surface area contributed by atoms with Crippen LogP contribution < -0.4 is 10.6 Å². The average molecular weight is 292 g/mol. The molecule has 2 rings (SSSR count).